The van der Waals surface area contributed by atoms with Crippen molar-refractivity contribution in [1.29, 1.82) is 0 Å². The standard InChI is InChI=1S/C17H16Cl2N2O3/c18-13-8-20-4-1-11(13)9-23-14-7-15(19)21-16-12(14)2-5-24-17(16)3-6-22-10-17/h1,4,7-8H,2-3,5-6,9-10H2. The molecule has 2 aromatic heterocycles. The first-order valence-electron chi connectivity index (χ1n) is 7.81. The molecule has 2 aliphatic rings. The van der Waals surface area contributed by atoms with Gasteiger partial charge >= 0.3 is 0 Å². The zero-order chi connectivity index (χ0) is 16.6. The summed E-state index contributed by atoms with van der Waals surface area (Å²) < 4.78 is 17.6. The molecule has 7 heteroatoms. The predicted octanol–water partition coefficient (Wildman–Crippen LogP) is 3.55. The monoisotopic (exact) mass is 366 g/mol. The molecule has 0 amide bonds. The van der Waals surface area contributed by atoms with Crippen molar-refractivity contribution in [2.24, 2.45) is 0 Å². The molecule has 4 heterocycles. The second-order valence-electron chi connectivity index (χ2n) is 5.92. The van der Waals surface area contributed by atoms with E-state index in [1.807, 2.05) is 6.07 Å². The van der Waals surface area contributed by atoms with Gasteiger partial charge in [-0.2, -0.15) is 0 Å². The lowest BCUT2D eigenvalue weighted by Crippen LogP contribution is -2.37. The van der Waals surface area contributed by atoms with Crippen molar-refractivity contribution in [2.45, 2.75) is 25.0 Å². The van der Waals surface area contributed by atoms with E-state index >= 15 is 0 Å². The summed E-state index contributed by atoms with van der Waals surface area (Å²) >= 11 is 12.4. The SMILES string of the molecule is Clc1cc(OCc2ccncc2Cl)c2c(n1)C1(CCOC1)OCC2. The van der Waals surface area contributed by atoms with E-state index in [-0.39, 0.29) is 0 Å². The van der Waals surface area contributed by atoms with Gasteiger partial charge in [0.25, 0.3) is 0 Å². The summed E-state index contributed by atoms with van der Waals surface area (Å²) in [6, 6.07) is 3.59. The fourth-order valence-electron chi connectivity index (χ4n) is 3.21. The molecule has 126 valence electrons. The fourth-order valence-corrected chi connectivity index (χ4v) is 3.56. The Morgan fingerprint density at radius 2 is 2.21 bits per heavy atom. The van der Waals surface area contributed by atoms with Crippen LogP contribution in [0.2, 0.25) is 10.2 Å². The van der Waals surface area contributed by atoms with Crippen molar-refractivity contribution in [3.8, 4) is 5.75 Å². The van der Waals surface area contributed by atoms with Crippen LogP contribution in [0.4, 0.5) is 0 Å². The van der Waals surface area contributed by atoms with E-state index in [1.165, 1.54) is 0 Å². The van der Waals surface area contributed by atoms with Crippen molar-refractivity contribution >= 4 is 23.2 Å². The first-order valence-corrected chi connectivity index (χ1v) is 8.56. The molecule has 1 saturated heterocycles. The van der Waals surface area contributed by atoms with Gasteiger partial charge in [0.1, 0.15) is 23.1 Å². The molecule has 4 rings (SSSR count). The number of pyridine rings is 2. The summed E-state index contributed by atoms with van der Waals surface area (Å²) in [5, 5.41) is 0.969. The summed E-state index contributed by atoms with van der Waals surface area (Å²) in [7, 11) is 0. The van der Waals surface area contributed by atoms with Crippen LogP contribution in [0.15, 0.2) is 24.5 Å². The molecule has 24 heavy (non-hydrogen) atoms. The molecule has 0 aromatic carbocycles. The van der Waals surface area contributed by atoms with Crippen molar-refractivity contribution < 1.29 is 14.2 Å². The number of rotatable bonds is 3. The molecule has 1 unspecified atom stereocenters. The smallest absolute Gasteiger partial charge is 0.136 e. The third-order valence-corrected chi connectivity index (χ3v) is 4.97. The Morgan fingerprint density at radius 3 is 3.00 bits per heavy atom. The highest BCUT2D eigenvalue weighted by Crippen LogP contribution is 2.42. The first kappa shape index (κ1) is 16.1. The molecule has 0 N–H and O–H groups in total. The topological polar surface area (TPSA) is 53.5 Å². The number of halogens is 2. The number of hydrogen-bond acceptors (Lipinski definition) is 5. The third kappa shape index (κ3) is 2.86. The van der Waals surface area contributed by atoms with Gasteiger partial charge in [0.05, 0.1) is 23.9 Å². The lowest BCUT2D eigenvalue weighted by atomic mass is 9.90. The Hall–Kier alpha value is -1.40. The fraction of sp³-hybridized carbons (Fsp3) is 0.412. The molecule has 2 aliphatic heterocycles. The summed E-state index contributed by atoms with van der Waals surface area (Å²) in [5.41, 5.74) is 2.26. The van der Waals surface area contributed by atoms with Crippen LogP contribution in [0, 0.1) is 0 Å². The summed E-state index contributed by atoms with van der Waals surface area (Å²) in [6.07, 6.45) is 4.82. The average molecular weight is 367 g/mol. The van der Waals surface area contributed by atoms with Gasteiger partial charge in [-0.3, -0.25) is 4.98 Å². The predicted molar refractivity (Wildman–Crippen MR) is 89.6 cm³/mol. The maximum absolute atomic E-state index is 6.23. The van der Waals surface area contributed by atoms with Crippen LogP contribution in [0.25, 0.3) is 0 Å². The molecule has 0 saturated carbocycles. The van der Waals surface area contributed by atoms with E-state index in [1.54, 1.807) is 18.5 Å². The number of hydrogen-bond donors (Lipinski definition) is 0. The molecule has 1 atom stereocenters. The normalized spacial score (nSPS) is 22.6. The highest BCUT2D eigenvalue weighted by atomic mass is 35.5. The highest BCUT2D eigenvalue weighted by molar-refractivity contribution is 6.31. The number of ether oxygens (including phenoxy) is 3. The van der Waals surface area contributed by atoms with Gasteiger partial charge in [-0.15, -0.1) is 0 Å². The van der Waals surface area contributed by atoms with Crippen molar-refractivity contribution in [3.05, 3.63) is 51.5 Å². The van der Waals surface area contributed by atoms with E-state index in [0.717, 1.165) is 35.4 Å². The Morgan fingerprint density at radius 1 is 1.29 bits per heavy atom. The third-order valence-electron chi connectivity index (χ3n) is 4.44. The van der Waals surface area contributed by atoms with Gasteiger partial charge in [-0.1, -0.05) is 23.2 Å². The van der Waals surface area contributed by atoms with E-state index in [9.17, 15) is 0 Å². The molecule has 0 aliphatic carbocycles. The van der Waals surface area contributed by atoms with E-state index in [2.05, 4.69) is 9.97 Å². The minimum atomic E-state index is -0.495. The Bertz CT molecular complexity index is 763. The van der Waals surface area contributed by atoms with Crippen LogP contribution in [-0.4, -0.2) is 29.8 Å². The summed E-state index contributed by atoms with van der Waals surface area (Å²) in [5.74, 6) is 0.729. The number of fused-ring (bicyclic) bond motifs is 2. The first-order chi connectivity index (χ1) is 11.7. The van der Waals surface area contributed by atoms with Gasteiger partial charge in [0.2, 0.25) is 0 Å². The molecule has 5 nitrogen and oxygen atoms in total. The minimum absolute atomic E-state index is 0.346. The van der Waals surface area contributed by atoms with Gasteiger partial charge in [0.15, 0.2) is 0 Å². The van der Waals surface area contributed by atoms with Gasteiger partial charge in [0, 0.05) is 49.0 Å². The van der Waals surface area contributed by atoms with Crippen LogP contribution in [0.5, 0.6) is 5.75 Å². The van der Waals surface area contributed by atoms with Crippen LogP contribution in [0.3, 0.4) is 0 Å². The molecular weight excluding hydrogens is 351 g/mol. The quantitative estimate of drug-likeness (QED) is 0.777. The molecular formula is C17H16Cl2N2O3. The van der Waals surface area contributed by atoms with Crippen molar-refractivity contribution in [3.63, 3.8) is 0 Å². The van der Waals surface area contributed by atoms with E-state index in [0.29, 0.717) is 36.6 Å². The average Bonchev–Trinajstić information content (AvgIpc) is 3.04. The Kier molecular flexibility index (Phi) is 4.35. The zero-order valence-electron chi connectivity index (χ0n) is 12.9. The molecule has 0 radical (unpaired) electrons. The van der Waals surface area contributed by atoms with Gasteiger partial charge in [-0.05, 0) is 6.07 Å². The molecule has 0 bridgehead atoms. The lowest BCUT2D eigenvalue weighted by Gasteiger charge is -2.34. The molecule has 1 spiro atoms. The Labute approximate surface area is 149 Å². The van der Waals surface area contributed by atoms with Crippen LogP contribution in [0.1, 0.15) is 23.2 Å². The van der Waals surface area contributed by atoms with Crippen molar-refractivity contribution in [1.82, 2.24) is 9.97 Å². The second-order valence-corrected chi connectivity index (χ2v) is 6.72. The van der Waals surface area contributed by atoms with E-state index in [4.69, 9.17) is 37.4 Å². The zero-order valence-corrected chi connectivity index (χ0v) is 14.4. The van der Waals surface area contributed by atoms with Gasteiger partial charge < -0.3 is 14.2 Å². The summed E-state index contributed by atoms with van der Waals surface area (Å²) in [4.78, 5) is 8.51. The molecule has 2 aromatic rings. The maximum atomic E-state index is 6.23. The van der Waals surface area contributed by atoms with Crippen LogP contribution in [-0.2, 0) is 28.1 Å². The number of nitrogens with zero attached hydrogens (tertiary/aromatic N) is 2. The largest absolute Gasteiger partial charge is 0.488 e. The van der Waals surface area contributed by atoms with Crippen LogP contribution < -0.4 is 4.74 Å². The van der Waals surface area contributed by atoms with Crippen molar-refractivity contribution in [2.75, 3.05) is 19.8 Å². The van der Waals surface area contributed by atoms with Crippen LogP contribution >= 0.6 is 23.2 Å². The molecule has 1 fully saturated rings. The number of aromatic nitrogens is 2. The minimum Gasteiger partial charge on any atom is -0.488 e. The Balaban J connectivity index is 1.67. The highest BCUT2D eigenvalue weighted by Gasteiger charge is 2.44. The van der Waals surface area contributed by atoms with E-state index < -0.39 is 5.60 Å². The lowest BCUT2D eigenvalue weighted by molar-refractivity contribution is -0.0670. The second kappa shape index (κ2) is 6.48. The summed E-state index contributed by atoms with van der Waals surface area (Å²) in [6.45, 7) is 2.13. The van der Waals surface area contributed by atoms with Gasteiger partial charge in [-0.25, -0.2) is 4.98 Å². The maximum Gasteiger partial charge on any atom is 0.136 e.